The highest BCUT2D eigenvalue weighted by Gasteiger charge is 2.41. The van der Waals surface area contributed by atoms with E-state index in [9.17, 15) is 14.9 Å². The van der Waals surface area contributed by atoms with Crippen molar-refractivity contribution in [3.05, 3.63) is 85.8 Å². The van der Waals surface area contributed by atoms with E-state index in [4.69, 9.17) is 28.9 Å². The fourth-order valence-corrected chi connectivity index (χ4v) is 6.94. The Balaban J connectivity index is 1.42. The lowest BCUT2D eigenvalue weighted by Gasteiger charge is -2.38. The van der Waals surface area contributed by atoms with Crippen molar-refractivity contribution in [1.29, 1.82) is 5.26 Å². The van der Waals surface area contributed by atoms with Crippen molar-refractivity contribution >= 4 is 68.8 Å². The molecular formula is C28H24Cl2N6O2S2. The number of nitrogens with zero attached hydrogens (tertiary/aromatic N) is 4. The Morgan fingerprint density at radius 1 is 1.20 bits per heavy atom. The van der Waals surface area contributed by atoms with Gasteiger partial charge in [-0.2, -0.15) is 5.26 Å². The number of carbonyl (C=O) groups excluding carboxylic acids is 2. The molecule has 12 heteroatoms. The van der Waals surface area contributed by atoms with Crippen molar-refractivity contribution in [2.75, 3.05) is 16.0 Å². The summed E-state index contributed by atoms with van der Waals surface area (Å²) in [5.74, 6) is -0.542. The highest BCUT2D eigenvalue weighted by Crippen LogP contribution is 2.47. The smallest absolute Gasteiger partial charge is 0.234 e. The zero-order chi connectivity index (χ0) is 28.6. The number of rotatable bonds is 6. The summed E-state index contributed by atoms with van der Waals surface area (Å²) in [6, 6.07) is 13.1. The number of halogens is 2. The van der Waals surface area contributed by atoms with Gasteiger partial charge in [-0.15, -0.1) is 10.2 Å². The summed E-state index contributed by atoms with van der Waals surface area (Å²) in [4.78, 5) is 27.5. The Kier molecular flexibility index (Phi) is 8.19. The summed E-state index contributed by atoms with van der Waals surface area (Å²) in [5, 5.41) is 22.8. The first kappa shape index (κ1) is 28.2. The Bertz CT molecular complexity index is 1640. The third kappa shape index (κ3) is 5.47. The monoisotopic (exact) mass is 610 g/mol. The number of nitrogens with one attached hydrogen (secondary N) is 1. The lowest BCUT2D eigenvalue weighted by molar-refractivity contribution is -0.116. The van der Waals surface area contributed by atoms with Gasteiger partial charge in [0.15, 0.2) is 10.1 Å². The Hall–Kier alpha value is -3.36. The number of ketones is 1. The Morgan fingerprint density at radius 2 is 2.00 bits per heavy atom. The predicted molar refractivity (Wildman–Crippen MR) is 160 cm³/mol. The van der Waals surface area contributed by atoms with Crippen LogP contribution in [0, 0.1) is 25.2 Å². The maximum absolute atomic E-state index is 13.3. The zero-order valence-corrected chi connectivity index (χ0v) is 24.8. The van der Waals surface area contributed by atoms with Crippen molar-refractivity contribution in [2.45, 2.75) is 43.4 Å². The largest absolute Gasteiger partial charge is 0.384 e. The van der Waals surface area contributed by atoms with Gasteiger partial charge in [-0.25, -0.2) is 0 Å². The highest BCUT2D eigenvalue weighted by atomic mass is 35.5. The molecule has 0 saturated carbocycles. The van der Waals surface area contributed by atoms with Crippen LogP contribution in [0.15, 0.2) is 63.4 Å². The molecule has 1 unspecified atom stereocenters. The first-order chi connectivity index (χ1) is 19.2. The number of nitriles is 1. The van der Waals surface area contributed by atoms with Gasteiger partial charge >= 0.3 is 0 Å². The minimum Gasteiger partial charge on any atom is -0.384 e. The van der Waals surface area contributed by atoms with E-state index in [1.807, 2.05) is 32.0 Å². The van der Waals surface area contributed by atoms with E-state index in [1.54, 1.807) is 23.1 Å². The van der Waals surface area contributed by atoms with Gasteiger partial charge in [0.25, 0.3) is 0 Å². The molecule has 1 atom stereocenters. The van der Waals surface area contributed by atoms with Crippen LogP contribution in [-0.2, 0) is 9.59 Å². The van der Waals surface area contributed by atoms with Gasteiger partial charge in [-0.3, -0.25) is 14.5 Å². The molecular weight excluding hydrogens is 587 g/mol. The number of aromatic nitrogens is 2. The van der Waals surface area contributed by atoms with Crippen LogP contribution in [0.25, 0.3) is 0 Å². The molecule has 1 amide bonds. The molecule has 0 radical (unpaired) electrons. The first-order valence-electron chi connectivity index (χ1n) is 12.4. The van der Waals surface area contributed by atoms with Gasteiger partial charge in [0.1, 0.15) is 5.82 Å². The number of anilines is 2. The fourth-order valence-electron chi connectivity index (χ4n) is 4.95. The maximum Gasteiger partial charge on any atom is 0.234 e. The minimum absolute atomic E-state index is 0.0512. The number of carbonyl (C=O) groups is 2. The standard InChI is InChI=1S/C28H24Cl2N6O2S2/c1-14-6-9-20(15(2)10-14)33-23(38)13-39-28-35-34-27(40-28)36-21-4-3-5-22(37)25(21)24(17(12-31)26(36)32)16-7-8-18(29)19(30)11-16/h6-11,24H,3-5,13,32H2,1-2H3,(H,33,38). The molecule has 1 aliphatic heterocycles. The lowest BCUT2D eigenvalue weighted by Crippen LogP contribution is -2.38. The van der Waals surface area contributed by atoms with Crippen LogP contribution in [0.1, 0.15) is 41.9 Å². The molecule has 2 aliphatic rings. The molecule has 2 heterocycles. The fraction of sp³-hybridized carbons (Fsp3) is 0.250. The summed E-state index contributed by atoms with van der Waals surface area (Å²) >= 11 is 14.9. The number of hydrogen-bond acceptors (Lipinski definition) is 9. The molecule has 204 valence electrons. The number of Topliss-reactive ketones (excluding diaryl/α,β-unsaturated/α-hetero) is 1. The quantitative estimate of drug-likeness (QED) is 0.303. The zero-order valence-electron chi connectivity index (χ0n) is 21.6. The molecule has 1 aliphatic carbocycles. The van der Waals surface area contributed by atoms with Crippen LogP contribution in [-0.4, -0.2) is 27.6 Å². The van der Waals surface area contributed by atoms with Crippen molar-refractivity contribution < 1.29 is 9.59 Å². The molecule has 3 N–H and O–H groups in total. The summed E-state index contributed by atoms with van der Waals surface area (Å²) in [7, 11) is 0. The van der Waals surface area contributed by atoms with Crippen molar-refractivity contribution in [1.82, 2.24) is 10.2 Å². The van der Waals surface area contributed by atoms with E-state index in [1.165, 1.54) is 23.1 Å². The number of thioether (sulfide) groups is 1. The van der Waals surface area contributed by atoms with E-state index in [0.29, 0.717) is 55.6 Å². The normalized spacial score (nSPS) is 17.1. The number of hydrogen-bond donors (Lipinski definition) is 2. The maximum atomic E-state index is 13.3. The average molecular weight is 612 g/mol. The second kappa shape index (κ2) is 11.6. The summed E-state index contributed by atoms with van der Waals surface area (Å²) in [6.45, 7) is 3.95. The van der Waals surface area contributed by atoms with Gasteiger partial charge in [0, 0.05) is 23.4 Å². The second-order valence-corrected chi connectivity index (χ2v) is 12.5. The summed E-state index contributed by atoms with van der Waals surface area (Å²) in [5.41, 5.74) is 11.6. The van der Waals surface area contributed by atoms with Gasteiger partial charge in [0.05, 0.1) is 33.4 Å². The third-order valence-corrected chi connectivity index (χ3v) is 9.54. The van der Waals surface area contributed by atoms with E-state index in [2.05, 4.69) is 21.6 Å². The minimum atomic E-state index is -0.658. The van der Waals surface area contributed by atoms with Gasteiger partial charge in [0.2, 0.25) is 11.0 Å². The molecule has 0 spiro atoms. The molecule has 0 fully saturated rings. The van der Waals surface area contributed by atoms with Crippen LogP contribution in [0.2, 0.25) is 10.0 Å². The molecule has 0 saturated heterocycles. The van der Waals surface area contributed by atoms with E-state index >= 15 is 0 Å². The lowest BCUT2D eigenvalue weighted by atomic mass is 9.76. The SMILES string of the molecule is Cc1ccc(NC(=O)CSc2nnc(N3C(N)=C(C#N)C(c4ccc(Cl)c(Cl)c4)C4=C3CCCC4=O)s2)c(C)c1. The summed E-state index contributed by atoms with van der Waals surface area (Å²) < 4.78 is 0.563. The molecule has 1 aromatic heterocycles. The molecule has 40 heavy (non-hydrogen) atoms. The van der Waals surface area contributed by atoms with Crippen molar-refractivity contribution in [2.24, 2.45) is 5.73 Å². The number of benzene rings is 2. The predicted octanol–water partition coefficient (Wildman–Crippen LogP) is 6.50. The van der Waals surface area contributed by atoms with E-state index in [-0.39, 0.29) is 28.8 Å². The number of nitrogens with two attached hydrogens (primary N) is 1. The van der Waals surface area contributed by atoms with E-state index < -0.39 is 5.92 Å². The van der Waals surface area contributed by atoms with Gasteiger partial charge < -0.3 is 11.1 Å². The topological polar surface area (TPSA) is 125 Å². The van der Waals surface area contributed by atoms with Crippen LogP contribution in [0.3, 0.4) is 0 Å². The molecule has 8 nitrogen and oxygen atoms in total. The number of allylic oxidation sites excluding steroid dienone is 3. The van der Waals surface area contributed by atoms with Crippen LogP contribution in [0.5, 0.6) is 0 Å². The molecule has 3 aromatic rings. The van der Waals surface area contributed by atoms with Gasteiger partial charge in [-0.05, 0) is 56.0 Å². The summed E-state index contributed by atoms with van der Waals surface area (Å²) in [6.07, 6.45) is 1.60. The van der Waals surface area contributed by atoms with Crippen molar-refractivity contribution in [3.8, 4) is 6.07 Å². The Labute approximate surface area is 249 Å². The molecule has 2 aromatic carbocycles. The number of amides is 1. The second-order valence-electron chi connectivity index (χ2n) is 9.50. The molecule has 5 rings (SSSR count). The van der Waals surface area contributed by atoms with E-state index in [0.717, 1.165) is 16.8 Å². The average Bonchev–Trinajstić information content (AvgIpc) is 3.38. The van der Waals surface area contributed by atoms with Crippen molar-refractivity contribution in [3.63, 3.8) is 0 Å². The van der Waals surface area contributed by atoms with Crippen LogP contribution >= 0.6 is 46.3 Å². The Morgan fingerprint density at radius 3 is 2.73 bits per heavy atom. The third-order valence-electron chi connectivity index (χ3n) is 6.76. The first-order valence-corrected chi connectivity index (χ1v) is 15.0. The van der Waals surface area contributed by atoms with Crippen LogP contribution < -0.4 is 16.0 Å². The molecule has 0 bridgehead atoms. The number of aryl methyl sites for hydroxylation is 2. The highest BCUT2D eigenvalue weighted by molar-refractivity contribution is 8.01. The van der Waals surface area contributed by atoms with Gasteiger partial charge in [-0.1, -0.05) is 70.1 Å². The van der Waals surface area contributed by atoms with Crippen LogP contribution in [0.4, 0.5) is 10.8 Å².